The molecule has 0 radical (unpaired) electrons. The molecule has 1 fully saturated rings. The fraction of sp³-hybridized carbons (Fsp3) is 0.353. The van der Waals surface area contributed by atoms with Gasteiger partial charge in [-0.3, -0.25) is 4.79 Å². The highest BCUT2D eigenvalue weighted by Crippen LogP contribution is 2.34. The molecule has 0 saturated carbocycles. The van der Waals surface area contributed by atoms with Crippen molar-refractivity contribution in [2.24, 2.45) is 0 Å². The number of hydrogen-bond acceptors (Lipinski definition) is 4. The summed E-state index contributed by atoms with van der Waals surface area (Å²) >= 11 is 1.65. The molecule has 4 nitrogen and oxygen atoms in total. The van der Waals surface area contributed by atoms with E-state index < -0.39 is 0 Å². The summed E-state index contributed by atoms with van der Waals surface area (Å²) in [5.74, 6) is 0.0843. The molecule has 3 heterocycles. The lowest BCUT2D eigenvalue weighted by Gasteiger charge is -2.38. The summed E-state index contributed by atoms with van der Waals surface area (Å²) in [4.78, 5) is 14.9. The van der Waals surface area contributed by atoms with Crippen LogP contribution < -0.4 is 5.32 Å². The minimum atomic E-state index is -0.113. The van der Waals surface area contributed by atoms with Crippen LogP contribution in [0, 0.1) is 0 Å². The third-order valence-corrected chi connectivity index (χ3v) is 5.01. The van der Waals surface area contributed by atoms with Crippen LogP contribution in [0.2, 0.25) is 0 Å². The van der Waals surface area contributed by atoms with Crippen LogP contribution in [0.3, 0.4) is 0 Å². The quantitative estimate of drug-likeness (QED) is 0.943. The van der Waals surface area contributed by atoms with Crippen LogP contribution in [0.4, 0.5) is 5.69 Å². The number of para-hydroxylation sites is 1. The van der Waals surface area contributed by atoms with E-state index in [0.717, 1.165) is 36.3 Å². The number of carbonyl (C=O) groups is 1. The van der Waals surface area contributed by atoms with E-state index in [0.29, 0.717) is 6.54 Å². The number of benzene rings is 1. The van der Waals surface area contributed by atoms with Gasteiger partial charge >= 0.3 is 0 Å². The van der Waals surface area contributed by atoms with Crippen molar-refractivity contribution in [1.82, 2.24) is 4.90 Å². The van der Waals surface area contributed by atoms with Gasteiger partial charge in [0.25, 0.3) is 5.91 Å². The van der Waals surface area contributed by atoms with E-state index >= 15 is 0 Å². The second-order valence-corrected chi connectivity index (χ2v) is 6.52. The normalized spacial score (nSPS) is 24.2. The zero-order valence-electron chi connectivity index (χ0n) is 12.2. The summed E-state index contributed by atoms with van der Waals surface area (Å²) in [5.41, 5.74) is 2.78. The van der Waals surface area contributed by atoms with Gasteiger partial charge in [-0.05, 0) is 41.8 Å². The first kappa shape index (κ1) is 13.8. The third kappa shape index (κ3) is 2.40. The van der Waals surface area contributed by atoms with E-state index in [1.165, 1.54) is 0 Å². The van der Waals surface area contributed by atoms with Gasteiger partial charge in [0.15, 0.2) is 0 Å². The Bertz CT molecular complexity index is 665. The molecule has 2 aliphatic heterocycles. The summed E-state index contributed by atoms with van der Waals surface area (Å²) in [5, 5.41) is 7.66. The first-order chi connectivity index (χ1) is 10.8. The number of thiophene rings is 1. The summed E-state index contributed by atoms with van der Waals surface area (Å²) in [6.45, 7) is 1.44. The molecule has 2 atom stereocenters. The van der Waals surface area contributed by atoms with Crippen LogP contribution in [0.1, 0.15) is 34.9 Å². The van der Waals surface area contributed by atoms with E-state index in [2.05, 4.69) is 16.8 Å². The number of anilines is 1. The van der Waals surface area contributed by atoms with Gasteiger partial charge in [-0.15, -0.1) is 0 Å². The van der Waals surface area contributed by atoms with Gasteiger partial charge in [-0.25, -0.2) is 0 Å². The Hall–Kier alpha value is -1.85. The lowest BCUT2D eigenvalue weighted by molar-refractivity contribution is 0.0427. The molecule has 5 heteroatoms. The number of nitrogens with one attached hydrogen (secondary N) is 1. The van der Waals surface area contributed by atoms with Gasteiger partial charge < -0.3 is 15.0 Å². The van der Waals surface area contributed by atoms with E-state index in [9.17, 15) is 4.79 Å². The van der Waals surface area contributed by atoms with Crippen LogP contribution in [0.5, 0.6) is 0 Å². The lowest BCUT2D eigenvalue weighted by Crippen LogP contribution is -2.46. The topological polar surface area (TPSA) is 41.6 Å². The minimum Gasteiger partial charge on any atom is -0.376 e. The number of nitrogens with zero attached hydrogens (tertiary/aromatic N) is 1. The average molecular weight is 314 g/mol. The molecule has 1 aromatic carbocycles. The molecular weight excluding hydrogens is 296 g/mol. The number of amides is 1. The van der Waals surface area contributed by atoms with Crippen molar-refractivity contribution in [3.8, 4) is 0 Å². The van der Waals surface area contributed by atoms with Gasteiger partial charge in [0.05, 0.1) is 11.7 Å². The maximum absolute atomic E-state index is 12.9. The molecule has 0 aliphatic carbocycles. The SMILES string of the molecule is O=C1c2ccccc2N[C@@H](c2ccsc2)N1C[C@H]1CCCO1. The van der Waals surface area contributed by atoms with E-state index in [-0.39, 0.29) is 18.2 Å². The van der Waals surface area contributed by atoms with Gasteiger partial charge in [0.1, 0.15) is 6.17 Å². The predicted octanol–water partition coefficient (Wildman–Crippen LogP) is 3.49. The molecule has 1 aromatic heterocycles. The van der Waals surface area contributed by atoms with Crippen molar-refractivity contribution < 1.29 is 9.53 Å². The molecule has 2 aromatic rings. The van der Waals surface area contributed by atoms with E-state index in [1.54, 1.807) is 11.3 Å². The monoisotopic (exact) mass is 314 g/mol. The number of ether oxygens (including phenoxy) is 1. The highest BCUT2D eigenvalue weighted by Gasteiger charge is 2.35. The third-order valence-electron chi connectivity index (χ3n) is 4.31. The Balaban J connectivity index is 1.69. The number of hydrogen-bond donors (Lipinski definition) is 1. The fourth-order valence-corrected chi connectivity index (χ4v) is 3.86. The summed E-state index contributed by atoms with van der Waals surface area (Å²) in [6.07, 6.45) is 2.15. The number of rotatable bonds is 3. The van der Waals surface area contributed by atoms with Gasteiger partial charge in [-0.2, -0.15) is 11.3 Å². The van der Waals surface area contributed by atoms with Gasteiger partial charge in [0.2, 0.25) is 0 Å². The maximum Gasteiger partial charge on any atom is 0.257 e. The zero-order chi connectivity index (χ0) is 14.9. The molecule has 0 bridgehead atoms. The molecule has 2 aliphatic rings. The smallest absolute Gasteiger partial charge is 0.257 e. The summed E-state index contributed by atoms with van der Waals surface area (Å²) in [6, 6.07) is 9.80. The van der Waals surface area contributed by atoms with Crippen molar-refractivity contribution >= 4 is 22.9 Å². The fourth-order valence-electron chi connectivity index (χ4n) is 3.18. The van der Waals surface area contributed by atoms with Crippen LogP contribution in [-0.4, -0.2) is 30.1 Å². The molecule has 1 N–H and O–H groups in total. The molecule has 0 unspecified atom stereocenters. The van der Waals surface area contributed by atoms with Crippen LogP contribution in [0.15, 0.2) is 41.1 Å². The average Bonchev–Trinajstić information content (AvgIpc) is 3.23. The van der Waals surface area contributed by atoms with Crippen molar-refractivity contribution in [3.63, 3.8) is 0 Å². The molecule has 22 heavy (non-hydrogen) atoms. The first-order valence-electron chi connectivity index (χ1n) is 7.63. The molecule has 1 saturated heterocycles. The van der Waals surface area contributed by atoms with Crippen LogP contribution >= 0.6 is 11.3 Å². The number of carbonyl (C=O) groups excluding carboxylic acids is 1. The molecule has 0 spiro atoms. The van der Waals surface area contributed by atoms with E-state index in [4.69, 9.17) is 4.74 Å². The Morgan fingerprint density at radius 2 is 2.23 bits per heavy atom. The highest BCUT2D eigenvalue weighted by atomic mass is 32.1. The zero-order valence-corrected chi connectivity index (χ0v) is 13.0. The Morgan fingerprint density at radius 1 is 1.32 bits per heavy atom. The van der Waals surface area contributed by atoms with Crippen molar-refractivity contribution in [2.75, 3.05) is 18.5 Å². The maximum atomic E-state index is 12.9. The largest absolute Gasteiger partial charge is 0.376 e. The molecular formula is C17H18N2O2S. The lowest BCUT2D eigenvalue weighted by atomic mass is 10.0. The second-order valence-electron chi connectivity index (χ2n) is 5.74. The van der Waals surface area contributed by atoms with Crippen LogP contribution in [0.25, 0.3) is 0 Å². The van der Waals surface area contributed by atoms with Crippen LogP contribution in [-0.2, 0) is 4.74 Å². The van der Waals surface area contributed by atoms with Gasteiger partial charge in [0, 0.05) is 24.4 Å². The second kappa shape index (κ2) is 5.74. The minimum absolute atomic E-state index is 0.0843. The van der Waals surface area contributed by atoms with Gasteiger partial charge in [-0.1, -0.05) is 12.1 Å². The van der Waals surface area contributed by atoms with Crippen molar-refractivity contribution in [1.29, 1.82) is 0 Å². The van der Waals surface area contributed by atoms with Crippen molar-refractivity contribution in [2.45, 2.75) is 25.1 Å². The van der Waals surface area contributed by atoms with E-state index in [1.807, 2.05) is 34.5 Å². The molecule has 1 amide bonds. The Morgan fingerprint density at radius 3 is 3.00 bits per heavy atom. The summed E-state index contributed by atoms with van der Waals surface area (Å²) in [7, 11) is 0. The first-order valence-corrected chi connectivity index (χ1v) is 8.57. The van der Waals surface area contributed by atoms with Crippen molar-refractivity contribution in [3.05, 3.63) is 52.2 Å². The Labute approximate surface area is 133 Å². The standard InChI is InChI=1S/C17H18N2O2S/c20-17-14-5-1-2-6-15(14)18-16(12-7-9-22-11-12)19(17)10-13-4-3-8-21-13/h1-2,5-7,9,11,13,16,18H,3-4,8,10H2/t13-,16-/m1/s1. The molecule has 114 valence electrons. The highest BCUT2D eigenvalue weighted by molar-refractivity contribution is 7.08. The predicted molar refractivity (Wildman–Crippen MR) is 87.1 cm³/mol. The Kier molecular flexibility index (Phi) is 3.60. The molecule has 4 rings (SSSR count). The number of fused-ring (bicyclic) bond motifs is 1. The summed E-state index contributed by atoms with van der Waals surface area (Å²) < 4.78 is 5.74.